The molecule has 2 aliphatic heterocycles. The Balaban J connectivity index is 0.000000232. The summed E-state index contributed by atoms with van der Waals surface area (Å²) in [7, 11) is 3.98. The number of hydrogen-bond donors (Lipinski definition) is 4. The lowest BCUT2D eigenvalue weighted by Gasteiger charge is -2.27. The second-order valence-electron chi connectivity index (χ2n) is 14.4. The molecule has 0 unspecified atom stereocenters. The Morgan fingerprint density at radius 3 is 1.16 bits per heavy atom. The molecule has 2 saturated heterocycles. The molecule has 62 heavy (non-hydrogen) atoms. The molecule has 2 fully saturated rings. The van der Waals surface area contributed by atoms with Gasteiger partial charge in [0.15, 0.2) is 11.6 Å². The van der Waals surface area contributed by atoms with E-state index in [1.807, 2.05) is 14.1 Å². The summed E-state index contributed by atoms with van der Waals surface area (Å²) in [6, 6.07) is 10.6. The van der Waals surface area contributed by atoms with Crippen molar-refractivity contribution in [1.82, 2.24) is 19.8 Å². The number of aromatic nitrogens is 2. The summed E-state index contributed by atoms with van der Waals surface area (Å²) in [5, 5.41) is 20.3. The number of carbonyl (C=O) groups excluding carboxylic acids is 4. The summed E-state index contributed by atoms with van der Waals surface area (Å²) >= 11 is 0. The predicted molar refractivity (Wildman–Crippen MR) is 211 cm³/mol. The van der Waals surface area contributed by atoms with Gasteiger partial charge in [-0.3, -0.25) is 28.8 Å². The number of piperidine rings is 2. The highest BCUT2D eigenvalue weighted by Crippen LogP contribution is 2.24. The second-order valence-corrected chi connectivity index (χ2v) is 14.4. The van der Waals surface area contributed by atoms with Crippen molar-refractivity contribution in [2.45, 2.75) is 38.5 Å². The number of ketones is 2. The van der Waals surface area contributed by atoms with E-state index < -0.39 is 69.8 Å². The molecule has 330 valence electrons. The maximum Gasteiger partial charge on any atom is 0.303 e. The summed E-state index contributed by atoms with van der Waals surface area (Å²) in [5.41, 5.74) is -1.46. The van der Waals surface area contributed by atoms with Crippen molar-refractivity contribution in [3.63, 3.8) is 0 Å². The predicted octanol–water partition coefficient (Wildman–Crippen LogP) is 6.49. The lowest BCUT2D eigenvalue weighted by Crippen LogP contribution is -2.33. The van der Waals surface area contributed by atoms with E-state index in [0.29, 0.717) is 24.3 Å². The van der Waals surface area contributed by atoms with Crippen molar-refractivity contribution in [3.8, 4) is 0 Å². The first-order valence-corrected chi connectivity index (χ1v) is 19.1. The van der Waals surface area contributed by atoms with Crippen LogP contribution in [0.3, 0.4) is 0 Å². The van der Waals surface area contributed by atoms with Crippen molar-refractivity contribution in [2.75, 3.05) is 50.9 Å². The SMILES string of the molecule is CN1CCC(C(=O)c2cccc(NC(=O)c3c(F)cc(F)cc3F)n2)CC1.CN1CCC(C(=O)c2cccc(NC(=O)c3c(F)cc(F)cc3F)n2)CC1.O=C(O)CCC(=O)O. The summed E-state index contributed by atoms with van der Waals surface area (Å²) in [6.45, 7) is 3.26. The van der Waals surface area contributed by atoms with Gasteiger partial charge >= 0.3 is 11.9 Å². The molecular weight excluding hydrogens is 830 g/mol. The number of carboxylic acids is 2. The van der Waals surface area contributed by atoms with Crippen molar-refractivity contribution in [3.05, 3.63) is 118 Å². The zero-order valence-corrected chi connectivity index (χ0v) is 33.4. The fourth-order valence-electron chi connectivity index (χ4n) is 6.33. The molecule has 0 saturated carbocycles. The Morgan fingerprint density at radius 1 is 0.565 bits per heavy atom. The molecule has 4 aromatic rings. The molecule has 6 rings (SSSR count). The van der Waals surface area contributed by atoms with Gasteiger partial charge in [-0.25, -0.2) is 36.3 Å². The normalized spacial score (nSPS) is 14.6. The van der Waals surface area contributed by atoms with E-state index in [4.69, 9.17) is 10.2 Å². The average molecular weight is 873 g/mol. The van der Waals surface area contributed by atoms with E-state index in [9.17, 15) is 55.1 Å². The van der Waals surface area contributed by atoms with E-state index in [-0.39, 0.29) is 59.3 Å². The highest BCUT2D eigenvalue weighted by molar-refractivity contribution is 6.05. The van der Waals surface area contributed by atoms with Gasteiger partial charge in [0, 0.05) is 36.1 Å². The van der Waals surface area contributed by atoms with Gasteiger partial charge in [-0.15, -0.1) is 0 Å². The van der Waals surface area contributed by atoms with Crippen LogP contribution in [-0.4, -0.2) is 106 Å². The van der Waals surface area contributed by atoms with Crippen LogP contribution in [0.25, 0.3) is 0 Å². The largest absolute Gasteiger partial charge is 0.481 e. The number of nitrogens with one attached hydrogen (secondary N) is 2. The maximum atomic E-state index is 13.7. The third-order valence-electron chi connectivity index (χ3n) is 9.69. The zero-order valence-electron chi connectivity index (χ0n) is 33.4. The third-order valence-corrected chi connectivity index (χ3v) is 9.69. The molecule has 0 aliphatic carbocycles. The minimum atomic E-state index is -1.32. The number of anilines is 2. The van der Waals surface area contributed by atoms with Gasteiger partial charge in [0.2, 0.25) is 0 Å². The van der Waals surface area contributed by atoms with Crippen LogP contribution in [0.5, 0.6) is 0 Å². The van der Waals surface area contributed by atoms with Crippen LogP contribution in [0.15, 0.2) is 60.7 Å². The van der Waals surface area contributed by atoms with E-state index in [2.05, 4.69) is 30.4 Å². The van der Waals surface area contributed by atoms with E-state index >= 15 is 0 Å². The van der Waals surface area contributed by atoms with Gasteiger partial charge in [-0.2, -0.15) is 0 Å². The number of halogens is 6. The number of pyridine rings is 2. The van der Waals surface area contributed by atoms with Gasteiger partial charge in [-0.05, 0) is 90.2 Å². The Labute approximate surface area is 351 Å². The molecule has 14 nitrogen and oxygen atoms in total. The van der Waals surface area contributed by atoms with Crippen molar-refractivity contribution in [1.29, 1.82) is 0 Å². The number of carbonyl (C=O) groups is 6. The number of Topliss-reactive ketones (excluding diaryl/α,β-unsaturated/α-hetero) is 2. The molecule has 2 amide bonds. The molecule has 0 spiro atoms. The Hall–Kier alpha value is -6.54. The third kappa shape index (κ3) is 14.0. The number of benzene rings is 2. The van der Waals surface area contributed by atoms with E-state index in [1.165, 1.54) is 36.4 Å². The first kappa shape index (κ1) is 48.1. The number of amides is 2. The fourth-order valence-corrected chi connectivity index (χ4v) is 6.33. The minimum absolute atomic E-state index is 0.0121. The molecule has 2 aromatic carbocycles. The Bertz CT molecular complexity index is 2100. The number of nitrogens with zero attached hydrogens (tertiary/aromatic N) is 4. The van der Waals surface area contributed by atoms with Gasteiger partial charge in [0.05, 0.1) is 12.8 Å². The first-order valence-electron chi connectivity index (χ1n) is 19.1. The van der Waals surface area contributed by atoms with Crippen LogP contribution in [0.1, 0.15) is 80.2 Å². The Morgan fingerprint density at radius 2 is 0.871 bits per heavy atom. The number of rotatable bonds is 11. The standard InChI is InChI=1S/2C19H18F3N3O2.C4H6O4/c2*1-25-7-5-11(6-8-25)18(26)15-3-2-4-16(23-15)24-19(27)17-13(21)9-12(20)10-14(17)22;5-3(6)1-2-4(7)8/h2*2-4,9-11H,5-8H2,1H3,(H,23,24,27);1-2H2,(H,5,6)(H,7,8). The topological polar surface area (TPSA) is 199 Å². The monoisotopic (exact) mass is 872 g/mol. The molecule has 4 N–H and O–H groups in total. The number of carboxylic acid groups (broad SMARTS) is 2. The fraction of sp³-hybridized carbons (Fsp3) is 0.333. The van der Waals surface area contributed by atoms with Crippen molar-refractivity contribution < 1.29 is 65.3 Å². The van der Waals surface area contributed by atoms with E-state index in [1.54, 1.807) is 0 Å². The lowest BCUT2D eigenvalue weighted by molar-refractivity contribution is -0.143. The number of aliphatic carboxylic acids is 2. The molecular formula is C42H42F6N6O8. The molecule has 2 aliphatic rings. The number of likely N-dealkylation sites (tertiary alicyclic amines) is 2. The van der Waals surface area contributed by atoms with Crippen LogP contribution in [0.4, 0.5) is 38.0 Å². The second kappa shape index (κ2) is 22.3. The zero-order chi connectivity index (χ0) is 45.7. The molecule has 0 atom stereocenters. The summed E-state index contributed by atoms with van der Waals surface area (Å²) in [6.07, 6.45) is 2.29. The average Bonchev–Trinajstić information content (AvgIpc) is 3.20. The van der Waals surface area contributed by atoms with Gasteiger partial charge in [-0.1, -0.05) is 12.1 Å². The first-order chi connectivity index (χ1) is 29.3. The van der Waals surface area contributed by atoms with Crippen LogP contribution in [0.2, 0.25) is 0 Å². The number of hydrogen-bond acceptors (Lipinski definition) is 10. The quantitative estimate of drug-likeness (QED) is 0.0946. The van der Waals surface area contributed by atoms with Crippen LogP contribution < -0.4 is 10.6 Å². The van der Waals surface area contributed by atoms with Crippen LogP contribution >= 0.6 is 0 Å². The molecule has 2 aromatic heterocycles. The highest BCUT2D eigenvalue weighted by Gasteiger charge is 2.28. The summed E-state index contributed by atoms with van der Waals surface area (Å²) in [5.74, 6) is -12.4. The van der Waals surface area contributed by atoms with Gasteiger partial charge < -0.3 is 30.6 Å². The van der Waals surface area contributed by atoms with Crippen molar-refractivity contribution in [2.24, 2.45) is 11.8 Å². The van der Waals surface area contributed by atoms with Crippen LogP contribution in [0, 0.1) is 46.7 Å². The summed E-state index contributed by atoms with van der Waals surface area (Å²) < 4.78 is 80.9. The van der Waals surface area contributed by atoms with Crippen LogP contribution in [-0.2, 0) is 9.59 Å². The molecule has 0 bridgehead atoms. The van der Waals surface area contributed by atoms with Crippen molar-refractivity contribution >= 4 is 47.0 Å². The lowest BCUT2D eigenvalue weighted by atomic mass is 9.91. The van der Waals surface area contributed by atoms with Gasteiger partial charge in [0.25, 0.3) is 11.8 Å². The molecule has 0 radical (unpaired) electrons. The maximum absolute atomic E-state index is 13.7. The van der Waals surface area contributed by atoms with E-state index in [0.717, 1.165) is 51.9 Å². The van der Waals surface area contributed by atoms with Gasteiger partial charge in [0.1, 0.15) is 69.1 Å². The Kier molecular flexibility index (Phi) is 17.3. The highest BCUT2D eigenvalue weighted by atomic mass is 19.2. The molecule has 4 heterocycles. The minimum Gasteiger partial charge on any atom is -0.481 e. The summed E-state index contributed by atoms with van der Waals surface area (Å²) in [4.78, 5) is 81.2. The molecule has 20 heteroatoms. The smallest absolute Gasteiger partial charge is 0.303 e.